The summed E-state index contributed by atoms with van der Waals surface area (Å²) >= 11 is 1.70. The summed E-state index contributed by atoms with van der Waals surface area (Å²) in [5.74, 6) is 1.35. The molecule has 0 atom stereocenters. The molecule has 0 spiro atoms. The molecule has 1 aromatic carbocycles. The number of aromatic nitrogens is 2. The molecule has 1 saturated carbocycles. The molecule has 1 aliphatic rings. The van der Waals surface area contributed by atoms with Crippen molar-refractivity contribution in [2.24, 2.45) is 0 Å². The SMILES string of the molecule is CN(c1nc2ccc(Oc3ccnc(C#N)c3)cc2s1)C1CCCCC1. The van der Waals surface area contributed by atoms with Crippen LogP contribution in [0.5, 0.6) is 11.5 Å². The normalized spacial score (nSPS) is 14.9. The minimum absolute atomic E-state index is 0.345. The van der Waals surface area contributed by atoms with E-state index in [4.69, 9.17) is 15.0 Å². The molecule has 2 heterocycles. The topological polar surface area (TPSA) is 62.0 Å². The molecule has 1 aliphatic carbocycles. The number of nitrogens with zero attached hydrogens (tertiary/aromatic N) is 4. The lowest BCUT2D eigenvalue weighted by molar-refractivity contribution is 0.427. The highest BCUT2D eigenvalue weighted by molar-refractivity contribution is 7.22. The number of pyridine rings is 1. The van der Waals surface area contributed by atoms with Crippen LogP contribution in [0, 0.1) is 11.3 Å². The second-order valence-corrected chi connectivity index (χ2v) is 7.63. The van der Waals surface area contributed by atoms with E-state index in [1.807, 2.05) is 24.3 Å². The van der Waals surface area contributed by atoms with Gasteiger partial charge < -0.3 is 9.64 Å². The predicted molar refractivity (Wildman–Crippen MR) is 104 cm³/mol. The quantitative estimate of drug-likeness (QED) is 0.642. The summed E-state index contributed by atoms with van der Waals surface area (Å²) in [4.78, 5) is 11.1. The van der Waals surface area contributed by atoms with Gasteiger partial charge in [0.25, 0.3) is 0 Å². The summed E-state index contributed by atoms with van der Waals surface area (Å²) in [5, 5.41) is 10.0. The lowest BCUT2D eigenvalue weighted by atomic mass is 9.95. The first kappa shape index (κ1) is 16.8. The molecule has 3 aromatic rings. The first-order valence-electron chi connectivity index (χ1n) is 8.90. The average Bonchev–Trinajstić information content (AvgIpc) is 3.11. The van der Waals surface area contributed by atoms with Gasteiger partial charge in [0.05, 0.1) is 10.2 Å². The third-order valence-electron chi connectivity index (χ3n) is 4.85. The van der Waals surface area contributed by atoms with Gasteiger partial charge in [-0.2, -0.15) is 5.26 Å². The molecular weight excluding hydrogens is 344 g/mol. The van der Waals surface area contributed by atoms with Crippen LogP contribution in [0.4, 0.5) is 5.13 Å². The van der Waals surface area contributed by atoms with Crippen LogP contribution in [0.2, 0.25) is 0 Å². The van der Waals surface area contributed by atoms with Crippen LogP contribution in [-0.2, 0) is 0 Å². The van der Waals surface area contributed by atoms with Gasteiger partial charge in [-0.1, -0.05) is 30.6 Å². The number of ether oxygens (including phenoxy) is 1. The number of fused-ring (bicyclic) bond motifs is 1. The fourth-order valence-corrected chi connectivity index (χ4v) is 4.43. The zero-order valence-corrected chi connectivity index (χ0v) is 15.5. The monoisotopic (exact) mass is 364 g/mol. The largest absolute Gasteiger partial charge is 0.457 e. The molecule has 0 saturated heterocycles. The third-order valence-corrected chi connectivity index (χ3v) is 5.96. The minimum Gasteiger partial charge on any atom is -0.457 e. The maximum absolute atomic E-state index is 8.95. The van der Waals surface area contributed by atoms with Crippen molar-refractivity contribution in [1.29, 1.82) is 5.26 Å². The lowest BCUT2D eigenvalue weighted by Gasteiger charge is -2.30. The molecule has 0 N–H and O–H groups in total. The first-order chi connectivity index (χ1) is 12.7. The Morgan fingerprint density at radius 1 is 1.15 bits per heavy atom. The number of rotatable bonds is 4. The molecule has 132 valence electrons. The number of hydrogen-bond acceptors (Lipinski definition) is 6. The fourth-order valence-electron chi connectivity index (χ4n) is 3.40. The highest BCUT2D eigenvalue weighted by atomic mass is 32.1. The van der Waals surface area contributed by atoms with Crippen LogP contribution in [-0.4, -0.2) is 23.1 Å². The molecule has 0 bridgehead atoms. The fraction of sp³-hybridized carbons (Fsp3) is 0.350. The van der Waals surface area contributed by atoms with Crippen molar-refractivity contribution in [1.82, 2.24) is 9.97 Å². The second-order valence-electron chi connectivity index (χ2n) is 6.62. The van der Waals surface area contributed by atoms with Gasteiger partial charge in [0.15, 0.2) is 5.13 Å². The van der Waals surface area contributed by atoms with E-state index < -0.39 is 0 Å². The third kappa shape index (κ3) is 3.49. The molecule has 4 rings (SSSR count). The lowest BCUT2D eigenvalue weighted by Crippen LogP contribution is -2.33. The zero-order chi connectivity index (χ0) is 17.9. The first-order valence-corrected chi connectivity index (χ1v) is 9.72. The van der Waals surface area contributed by atoms with Gasteiger partial charge in [0, 0.05) is 31.4 Å². The van der Waals surface area contributed by atoms with Crippen LogP contribution in [0.25, 0.3) is 10.2 Å². The van der Waals surface area contributed by atoms with Crippen molar-refractivity contribution in [2.75, 3.05) is 11.9 Å². The van der Waals surface area contributed by atoms with E-state index in [9.17, 15) is 0 Å². The van der Waals surface area contributed by atoms with Gasteiger partial charge in [-0.3, -0.25) is 0 Å². The van der Waals surface area contributed by atoms with Crippen LogP contribution < -0.4 is 9.64 Å². The Morgan fingerprint density at radius 3 is 2.77 bits per heavy atom. The summed E-state index contributed by atoms with van der Waals surface area (Å²) < 4.78 is 7.00. The molecule has 1 fully saturated rings. The van der Waals surface area contributed by atoms with E-state index in [2.05, 4.69) is 16.9 Å². The molecule has 5 nitrogen and oxygen atoms in total. The van der Waals surface area contributed by atoms with Crippen LogP contribution in [0.3, 0.4) is 0 Å². The van der Waals surface area contributed by atoms with Crippen molar-refractivity contribution in [3.63, 3.8) is 0 Å². The molecule has 0 unspecified atom stereocenters. The minimum atomic E-state index is 0.345. The number of anilines is 1. The summed E-state index contributed by atoms with van der Waals surface area (Å²) in [5.41, 5.74) is 1.34. The van der Waals surface area contributed by atoms with E-state index in [1.165, 1.54) is 32.1 Å². The van der Waals surface area contributed by atoms with Crippen LogP contribution in [0.1, 0.15) is 37.8 Å². The van der Waals surface area contributed by atoms with E-state index in [-0.39, 0.29) is 0 Å². The predicted octanol–water partition coefficient (Wildman–Crippen LogP) is 5.12. The molecule has 0 radical (unpaired) electrons. The maximum atomic E-state index is 8.95. The van der Waals surface area contributed by atoms with Gasteiger partial charge in [-0.15, -0.1) is 0 Å². The Balaban J connectivity index is 1.56. The summed E-state index contributed by atoms with van der Waals surface area (Å²) in [6.45, 7) is 0. The highest BCUT2D eigenvalue weighted by Gasteiger charge is 2.20. The second kappa shape index (κ2) is 7.30. The molecule has 2 aromatic heterocycles. The van der Waals surface area contributed by atoms with Crippen molar-refractivity contribution in [3.05, 3.63) is 42.2 Å². The summed E-state index contributed by atoms with van der Waals surface area (Å²) in [6.07, 6.45) is 8.07. The Labute approximate surface area is 156 Å². The van der Waals surface area contributed by atoms with Crippen LogP contribution in [0.15, 0.2) is 36.5 Å². The van der Waals surface area contributed by atoms with Crippen molar-refractivity contribution in [2.45, 2.75) is 38.1 Å². The molecule has 0 amide bonds. The van der Waals surface area contributed by atoms with Gasteiger partial charge in [-0.05, 0) is 31.0 Å². The molecular formula is C20H20N4OS. The Morgan fingerprint density at radius 2 is 1.96 bits per heavy atom. The average molecular weight is 364 g/mol. The number of thiazole rings is 1. The summed E-state index contributed by atoms with van der Waals surface area (Å²) in [6, 6.07) is 11.9. The molecule has 0 aliphatic heterocycles. The van der Waals surface area contributed by atoms with Gasteiger partial charge in [0.2, 0.25) is 0 Å². The Hall–Kier alpha value is -2.65. The van der Waals surface area contributed by atoms with Gasteiger partial charge in [-0.25, -0.2) is 9.97 Å². The van der Waals surface area contributed by atoms with Gasteiger partial charge in [0.1, 0.15) is 23.3 Å². The summed E-state index contributed by atoms with van der Waals surface area (Å²) in [7, 11) is 2.16. The zero-order valence-electron chi connectivity index (χ0n) is 14.7. The number of hydrogen-bond donors (Lipinski definition) is 0. The van der Waals surface area contributed by atoms with E-state index in [1.54, 1.807) is 29.7 Å². The van der Waals surface area contributed by atoms with Crippen molar-refractivity contribution in [3.8, 4) is 17.6 Å². The highest BCUT2D eigenvalue weighted by Crippen LogP contribution is 2.35. The smallest absolute Gasteiger partial charge is 0.186 e. The van der Waals surface area contributed by atoms with Crippen molar-refractivity contribution < 1.29 is 4.74 Å². The Kier molecular flexibility index (Phi) is 4.72. The standard InChI is InChI=1S/C20H20N4OS/c1-24(15-5-3-2-4-6-15)20-23-18-8-7-16(12-19(18)26-20)25-17-9-10-22-14(11-17)13-21/h7-12,15H,2-6H2,1H3. The molecule has 26 heavy (non-hydrogen) atoms. The number of nitriles is 1. The number of benzene rings is 1. The van der Waals surface area contributed by atoms with Gasteiger partial charge >= 0.3 is 0 Å². The molecule has 6 heteroatoms. The van der Waals surface area contributed by atoms with E-state index in [0.717, 1.165) is 21.1 Å². The van der Waals surface area contributed by atoms with Crippen LogP contribution >= 0.6 is 11.3 Å². The van der Waals surface area contributed by atoms with E-state index in [0.29, 0.717) is 17.5 Å². The van der Waals surface area contributed by atoms with Crippen molar-refractivity contribution >= 4 is 26.7 Å². The maximum Gasteiger partial charge on any atom is 0.186 e. The Bertz CT molecular complexity index is 956. The van der Waals surface area contributed by atoms with E-state index >= 15 is 0 Å².